The van der Waals surface area contributed by atoms with Crippen LogP contribution in [0.1, 0.15) is 11.3 Å². The molecule has 0 aliphatic rings. The average molecular weight is 234 g/mol. The largest absolute Gasteiger partial charge is 0.433 e. The summed E-state index contributed by atoms with van der Waals surface area (Å²) in [6.07, 6.45) is -3.19. The lowest BCUT2D eigenvalue weighted by molar-refractivity contribution is -0.141. The van der Waals surface area contributed by atoms with Crippen LogP contribution in [0.2, 0.25) is 0 Å². The Hall–Kier alpha value is -1.17. The second kappa shape index (κ2) is 4.57. The third-order valence-electron chi connectivity index (χ3n) is 1.54. The van der Waals surface area contributed by atoms with Crippen molar-refractivity contribution in [2.45, 2.75) is 11.9 Å². The van der Waals surface area contributed by atoms with Crippen molar-refractivity contribution in [3.63, 3.8) is 0 Å². The number of pyridine rings is 1. The monoisotopic (exact) mass is 234 g/mol. The molecule has 2 N–H and O–H groups in total. The number of alkyl halides is 3. The molecule has 0 aromatic carbocycles. The first-order valence-corrected chi connectivity index (χ1v) is 4.97. The molecule has 0 atom stereocenters. The molecule has 2 nitrogen and oxygen atoms in total. The fourth-order valence-corrected chi connectivity index (χ4v) is 1.38. The molecular weight excluding hydrogens is 225 g/mol. The molecule has 0 saturated carbocycles. The van der Waals surface area contributed by atoms with Gasteiger partial charge in [0.1, 0.15) is 5.69 Å². The van der Waals surface area contributed by atoms with Crippen molar-refractivity contribution < 1.29 is 13.2 Å². The highest BCUT2D eigenvalue weighted by Crippen LogP contribution is 2.27. The normalized spacial score (nSPS) is 11.4. The van der Waals surface area contributed by atoms with Crippen LogP contribution in [0.4, 0.5) is 13.2 Å². The van der Waals surface area contributed by atoms with Crippen molar-refractivity contribution >= 4 is 11.8 Å². The van der Waals surface area contributed by atoms with E-state index in [4.69, 9.17) is 5.73 Å². The molecule has 0 unspecified atom stereocenters. The predicted molar refractivity (Wildman–Crippen MR) is 53.9 cm³/mol. The molecule has 0 fully saturated rings. The summed E-state index contributed by atoms with van der Waals surface area (Å²) in [5.41, 5.74) is 5.10. The molecule has 0 bridgehead atoms. The van der Waals surface area contributed by atoms with Gasteiger partial charge < -0.3 is 5.73 Å². The van der Waals surface area contributed by atoms with Gasteiger partial charge in [-0.2, -0.15) is 13.2 Å². The van der Waals surface area contributed by atoms with Crippen molar-refractivity contribution in [2.75, 3.05) is 0 Å². The first-order valence-electron chi connectivity index (χ1n) is 3.99. The number of nitrogens with zero attached hydrogens (tertiary/aromatic N) is 1. The topological polar surface area (TPSA) is 38.9 Å². The van der Waals surface area contributed by atoms with E-state index < -0.39 is 11.9 Å². The minimum Gasteiger partial charge on any atom is -0.394 e. The standard InChI is InChI=1S/C9H9F3N2S/c1-6(13)15-5-7-2-3-8(14-4-7)9(10,11)12/h2-4H,1,5,13H2. The molecule has 0 amide bonds. The van der Waals surface area contributed by atoms with Gasteiger partial charge in [0, 0.05) is 11.9 Å². The molecular formula is C9H9F3N2S. The van der Waals surface area contributed by atoms with Gasteiger partial charge in [-0.1, -0.05) is 12.6 Å². The van der Waals surface area contributed by atoms with Crippen molar-refractivity contribution in [1.29, 1.82) is 0 Å². The van der Waals surface area contributed by atoms with Crippen LogP contribution in [0.5, 0.6) is 0 Å². The van der Waals surface area contributed by atoms with E-state index in [1.54, 1.807) is 0 Å². The molecule has 15 heavy (non-hydrogen) atoms. The first-order chi connectivity index (χ1) is 6.89. The number of hydrogen-bond donors (Lipinski definition) is 1. The number of thioether (sulfide) groups is 1. The Kier molecular flexibility index (Phi) is 3.62. The van der Waals surface area contributed by atoms with E-state index in [1.165, 1.54) is 24.0 Å². The van der Waals surface area contributed by atoms with Gasteiger partial charge in [-0.25, -0.2) is 0 Å². The minimum atomic E-state index is -4.39. The predicted octanol–water partition coefficient (Wildman–Crippen LogP) is 2.76. The van der Waals surface area contributed by atoms with Crippen molar-refractivity contribution in [3.8, 4) is 0 Å². The lowest BCUT2D eigenvalue weighted by Gasteiger charge is -2.06. The number of rotatable bonds is 3. The summed E-state index contributed by atoms with van der Waals surface area (Å²) in [5.74, 6) is 0.473. The summed E-state index contributed by atoms with van der Waals surface area (Å²) < 4.78 is 36.4. The smallest absolute Gasteiger partial charge is 0.394 e. The molecule has 0 aliphatic heterocycles. The van der Waals surface area contributed by atoms with E-state index in [9.17, 15) is 13.2 Å². The van der Waals surface area contributed by atoms with E-state index in [1.807, 2.05) is 0 Å². The minimum absolute atomic E-state index is 0.426. The zero-order valence-corrected chi connectivity index (χ0v) is 8.53. The third-order valence-corrected chi connectivity index (χ3v) is 2.39. The maximum atomic E-state index is 12.1. The van der Waals surface area contributed by atoms with Gasteiger partial charge in [0.2, 0.25) is 0 Å². The van der Waals surface area contributed by atoms with E-state index in [0.717, 1.165) is 6.07 Å². The second-order valence-corrected chi connectivity index (χ2v) is 3.91. The number of nitrogens with two attached hydrogens (primary N) is 1. The Bertz CT molecular complexity index is 345. The molecule has 0 saturated heterocycles. The molecule has 1 aromatic heterocycles. The van der Waals surface area contributed by atoms with Gasteiger partial charge in [-0.15, -0.1) is 11.8 Å². The number of aromatic nitrogens is 1. The van der Waals surface area contributed by atoms with Crippen LogP contribution in [-0.4, -0.2) is 4.98 Å². The lowest BCUT2D eigenvalue weighted by atomic mass is 10.3. The third kappa shape index (κ3) is 3.83. The number of halogens is 3. The van der Waals surface area contributed by atoms with Crippen LogP contribution >= 0.6 is 11.8 Å². The summed E-state index contributed by atoms with van der Waals surface area (Å²) in [7, 11) is 0. The lowest BCUT2D eigenvalue weighted by Crippen LogP contribution is -2.07. The first kappa shape index (κ1) is 11.9. The van der Waals surface area contributed by atoms with E-state index >= 15 is 0 Å². The zero-order chi connectivity index (χ0) is 11.5. The van der Waals surface area contributed by atoms with Crippen LogP contribution in [0.15, 0.2) is 29.9 Å². The van der Waals surface area contributed by atoms with Crippen molar-refractivity contribution in [3.05, 3.63) is 41.2 Å². The van der Waals surface area contributed by atoms with Crippen LogP contribution in [0.25, 0.3) is 0 Å². The van der Waals surface area contributed by atoms with E-state index in [2.05, 4.69) is 11.6 Å². The summed E-state index contributed by atoms with van der Waals surface area (Å²) in [6, 6.07) is 2.33. The Balaban J connectivity index is 2.69. The number of hydrogen-bond acceptors (Lipinski definition) is 3. The maximum absolute atomic E-state index is 12.1. The molecule has 1 heterocycles. The molecule has 1 rings (SSSR count). The van der Waals surface area contributed by atoms with Crippen LogP contribution in [-0.2, 0) is 11.9 Å². The fourth-order valence-electron chi connectivity index (χ4n) is 0.854. The Morgan fingerprint density at radius 1 is 1.47 bits per heavy atom. The van der Waals surface area contributed by atoms with E-state index in [-0.39, 0.29) is 0 Å². The maximum Gasteiger partial charge on any atom is 0.433 e. The van der Waals surface area contributed by atoms with Gasteiger partial charge in [-0.3, -0.25) is 4.98 Å². The molecule has 0 spiro atoms. The SMILES string of the molecule is C=C(N)SCc1ccc(C(F)(F)F)nc1. The quantitative estimate of drug-likeness (QED) is 0.874. The summed E-state index contributed by atoms with van der Waals surface area (Å²) in [4.78, 5) is 3.32. The van der Waals surface area contributed by atoms with Gasteiger partial charge in [0.05, 0.1) is 5.03 Å². The molecule has 6 heteroatoms. The Morgan fingerprint density at radius 3 is 2.53 bits per heavy atom. The van der Waals surface area contributed by atoms with Gasteiger partial charge in [0.25, 0.3) is 0 Å². The summed E-state index contributed by atoms with van der Waals surface area (Å²) in [6.45, 7) is 3.47. The highest BCUT2D eigenvalue weighted by molar-refractivity contribution is 8.02. The van der Waals surface area contributed by atoms with Crippen molar-refractivity contribution in [1.82, 2.24) is 4.98 Å². The van der Waals surface area contributed by atoms with Gasteiger partial charge in [-0.05, 0) is 11.6 Å². The molecule has 82 valence electrons. The van der Waals surface area contributed by atoms with Crippen LogP contribution in [0.3, 0.4) is 0 Å². The van der Waals surface area contributed by atoms with Gasteiger partial charge in [0.15, 0.2) is 0 Å². The highest BCUT2D eigenvalue weighted by atomic mass is 32.2. The van der Waals surface area contributed by atoms with E-state index in [0.29, 0.717) is 16.3 Å². The summed E-state index contributed by atoms with van der Waals surface area (Å²) >= 11 is 1.26. The second-order valence-electron chi connectivity index (χ2n) is 2.80. The van der Waals surface area contributed by atoms with Crippen LogP contribution < -0.4 is 5.73 Å². The highest BCUT2D eigenvalue weighted by Gasteiger charge is 2.31. The van der Waals surface area contributed by atoms with Crippen molar-refractivity contribution in [2.24, 2.45) is 5.73 Å². The van der Waals surface area contributed by atoms with Gasteiger partial charge >= 0.3 is 6.18 Å². The molecule has 1 aromatic rings. The average Bonchev–Trinajstić information content (AvgIpc) is 2.14. The summed E-state index contributed by atoms with van der Waals surface area (Å²) in [5, 5.41) is 0.426. The van der Waals surface area contributed by atoms with Crippen LogP contribution in [0, 0.1) is 0 Å². The Labute approximate surface area is 89.4 Å². The zero-order valence-electron chi connectivity index (χ0n) is 7.71. The fraction of sp³-hybridized carbons (Fsp3) is 0.222. The molecule has 0 radical (unpaired) electrons. The molecule has 0 aliphatic carbocycles. The Morgan fingerprint density at radius 2 is 2.13 bits per heavy atom.